The summed E-state index contributed by atoms with van der Waals surface area (Å²) >= 11 is 3.50. The van der Waals surface area contributed by atoms with Gasteiger partial charge >= 0.3 is 0 Å². The summed E-state index contributed by atoms with van der Waals surface area (Å²) in [6.45, 7) is 3.24. The molecule has 216 valence electrons. The monoisotopic (exact) mass is 635 g/mol. The zero-order valence-electron chi connectivity index (χ0n) is 23.6. The number of hydrogen-bond donors (Lipinski definition) is 0. The summed E-state index contributed by atoms with van der Waals surface area (Å²) in [6, 6.07) is 25.3. The van der Waals surface area contributed by atoms with Crippen LogP contribution in [0.25, 0.3) is 10.8 Å². The number of nitrogens with zero attached hydrogens (tertiary/aromatic N) is 3. The van der Waals surface area contributed by atoms with Gasteiger partial charge in [-0.3, -0.25) is 4.79 Å². The van der Waals surface area contributed by atoms with E-state index in [1.54, 1.807) is 12.1 Å². The second-order valence-electron chi connectivity index (χ2n) is 10.9. The average Bonchev–Trinajstić information content (AvgIpc) is 3.43. The lowest BCUT2D eigenvalue weighted by atomic mass is 9.94. The van der Waals surface area contributed by atoms with Crippen LogP contribution in [0.3, 0.4) is 0 Å². The summed E-state index contributed by atoms with van der Waals surface area (Å²) in [6.07, 6.45) is 7.91. The van der Waals surface area contributed by atoms with E-state index in [2.05, 4.69) is 44.9 Å². The SMILES string of the molecule is CCCN(CC(=O)N(Cc1cccn1Cc1ccc(Br)cc1)C1CCCCC1)S(=O)(=O)c1cccc2ccccc12. The Hall–Kier alpha value is -2.94. The Morgan fingerprint density at radius 3 is 2.41 bits per heavy atom. The van der Waals surface area contributed by atoms with Crippen LogP contribution in [0.4, 0.5) is 0 Å². The van der Waals surface area contributed by atoms with Crippen LogP contribution in [-0.4, -0.2) is 47.2 Å². The molecule has 6 nitrogen and oxygen atoms in total. The van der Waals surface area contributed by atoms with Crippen LogP contribution in [0, 0.1) is 0 Å². The maximum atomic E-state index is 14.1. The van der Waals surface area contributed by atoms with Crippen LogP contribution >= 0.6 is 15.9 Å². The Morgan fingerprint density at radius 1 is 0.927 bits per heavy atom. The first kappa shape index (κ1) is 29.5. The molecule has 1 aliphatic rings. The lowest BCUT2D eigenvalue weighted by Crippen LogP contribution is -2.47. The second kappa shape index (κ2) is 13.4. The van der Waals surface area contributed by atoms with Gasteiger partial charge in [0.05, 0.1) is 18.0 Å². The zero-order valence-corrected chi connectivity index (χ0v) is 26.0. The fourth-order valence-electron chi connectivity index (χ4n) is 5.86. The highest BCUT2D eigenvalue weighted by Crippen LogP contribution is 2.28. The molecule has 3 aromatic carbocycles. The number of sulfonamides is 1. The number of aromatic nitrogens is 1. The standard InChI is InChI=1S/C33H38BrN3O3S/c1-2-21-36(41(39,40)32-16-8-11-27-10-6-7-15-31(27)32)25-33(38)37(29-12-4-3-5-13-29)24-30-14-9-22-35(30)23-26-17-19-28(34)20-18-26/h6-11,14-20,22,29H,2-5,12-13,21,23-25H2,1H3. The third-order valence-corrected chi connectivity index (χ3v) is 10.4. The van der Waals surface area contributed by atoms with E-state index >= 15 is 0 Å². The number of benzene rings is 3. The summed E-state index contributed by atoms with van der Waals surface area (Å²) in [4.78, 5) is 16.3. The van der Waals surface area contributed by atoms with E-state index in [1.807, 2.05) is 60.4 Å². The molecule has 1 aromatic heterocycles. The molecule has 8 heteroatoms. The highest BCUT2D eigenvalue weighted by molar-refractivity contribution is 9.10. The Bertz CT molecular complexity index is 1570. The van der Waals surface area contributed by atoms with Crippen molar-refractivity contribution in [3.05, 3.63) is 101 Å². The minimum absolute atomic E-state index is 0.107. The van der Waals surface area contributed by atoms with Gasteiger partial charge in [0.25, 0.3) is 0 Å². The normalized spacial score (nSPS) is 14.5. The van der Waals surface area contributed by atoms with Gasteiger partial charge in [-0.15, -0.1) is 0 Å². The number of halogens is 1. The van der Waals surface area contributed by atoms with Gasteiger partial charge in [0.1, 0.15) is 0 Å². The molecule has 0 N–H and O–H groups in total. The average molecular weight is 637 g/mol. The van der Waals surface area contributed by atoms with Crippen LogP contribution < -0.4 is 0 Å². The van der Waals surface area contributed by atoms with Crippen molar-refractivity contribution in [1.29, 1.82) is 0 Å². The molecular formula is C33H38BrN3O3S. The quantitative estimate of drug-likeness (QED) is 0.175. The summed E-state index contributed by atoms with van der Waals surface area (Å²) in [5, 5.41) is 1.55. The molecule has 1 amide bonds. The van der Waals surface area contributed by atoms with Crippen molar-refractivity contribution in [3.63, 3.8) is 0 Å². The van der Waals surface area contributed by atoms with E-state index in [0.29, 0.717) is 24.9 Å². The molecule has 1 fully saturated rings. The van der Waals surface area contributed by atoms with Gasteiger partial charge in [0, 0.05) is 40.9 Å². The molecule has 0 spiro atoms. The topological polar surface area (TPSA) is 62.6 Å². The van der Waals surface area contributed by atoms with Crippen LogP contribution in [-0.2, 0) is 27.9 Å². The van der Waals surface area contributed by atoms with E-state index in [0.717, 1.165) is 41.2 Å². The Balaban J connectivity index is 1.41. The molecule has 1 saturated carbocycles. The van der Waals surface area contributed by atoms with Crippen molar-refractivity contribution in [2.45, 2.75) is 69.5 Å². The summed E-state index contributed by atoms with van der Waals surface area (Å²) < 4.78 is 32.6. The Kier molecular flexibility index (Phi) is 9.63. The molecule has 0 unspecified atom stereocenters. The summed E-state index contributed by atoms with van der Waals surface area (Å²) in [7, 11) is -3.89. The molecule has 4 aromatic rings. The van der Waals surface area contributed by atoms with Crippen LogP contribution in [0.1, 0.15) is 56.7 Å². The first-order valence-corrected chi connectivity index (χ1v) is 16.8. The van der Waals surface area contributed by atoms with E-state index in [9.17, 15) is 13.2 Å². The molecule has 0 bridgehead atoms. The Labute approximate surface area is 252 Å². The highest BCUT2D eigenvalue weighted by Gasteiger charge is 2.32. The van der Waals surface area contributed by atoms with Gasteiger partial charge in [-0.1, -0.05) is 90.6 Å². The van der Waals surface area contributed by atoms with Crippen molar-refractivity contribution in [2.24, 2.45) is 0 Å². The fourth-order valence-corrected chi connectivity index (χ4v) is 7.82. The van der Waals surface area contributed by atoms with Gasteiger partial charge < -0.3 is 9.47 Å². The summed E-state index contributed by atoms with van der Waals surface area (Å²) in [5.74, 6) is -0.134. The van der Waals surface area contributed by atoms with Crippen molar-refractivity contribution >= 4 is 42.6 Å². The number of rotatable bonds is 11. The first-order valence-electron chi connectivity index (χ1n) is 14.5. The molecule has 41 heavy (non-hydrogen) atoms. The molecule has 0 aliphatic heterocycles. The Morgan fingerprint density at radius 2 is 1.66 bits per heavy atom. The number of carbonyl (C=O) groups excluding carboxylic acids is 1. The smallest absolute Gasteiger partial charge is 0.244 e. The van der Waals surface area contributed by atoms with Gasteiger partial charge in [-0.05, 0) is 60.5 Å². The molecule has 5 rings (SSSR count). The molecule has 0 atom stereocenters. The van der Waals surface area contributed by atoms with Crippen molar-refractivity contribution in [2.75, 3.05) is 13.1 Å². The number of amides is 1. The van der Waals surface area contributed by atoms with Crippen molar-refractivity contribution < 1.29 is 13.2 Å². The minimum Gasteiger partial charge on any atom is -0.345 e. The lowest BCUT2D eigenvalue weighted by Gasteiger charge is -2.36. The lowest BCUT2D eigenvalue weighted by molar-refractivity contribution is -0.135. The molecule has 0 saturated heterocycles. The van der Waals surface area contributed by atoms with Gasteiger partial charge in [0.2, 0.25) is 15.9 Å². The zero-order chi connectivity index (χ0) is 28.8. The number of fused-ring (bicyclic) bond motifs is 1. The van der Waals surface area contributed by atoms with Gasteiger partial charge in [-0.25, -0.2) is 8.42 Å². The molecule has 1 heterocycles. The molecule has 1 aliphatic carbocycles. The largest absolute Gasteiger partial charge is 0.345 e. The molecular weight excluding hydrogens is 598 g/mol. The van der Waals surface area contributed by atoms with E-state index < -0.39 is 10.0 Å². The van der Waals surface area contributed by atoms with Crippen LogP contribution in [0.2, 0.25) is 0 Å². The number of hydrogen-bond acceptors (Lipinski definition) is 3. The van der Waals surface area contributed by atoms with Crippen LogP contribution in [0.5, 0.6) is 0 Å². The second-order valence-corrected chi connectivity index (χ2v) is 13.7. The van der Waals surface area contributed by atoms with Crippen molar-refractivity contribution in [3.8, 4) is 0 Å². The maximum absolute atomic E-state index is 14.1. The fraction of sp³-hybridized carbons (Fsp3) is 0.364. The van der Waals surface area contributed by atoms with E-state index in [4.69, 9.17) is 0 Å². The van der Waals surface area contributed by atoms with Gasteiger partial charge in [0.15, 0.2) is 0 Å². The molecule has 0 radical (unpaired) electrons. The van der Waals surface area contributed by atoms with Crippen LogP contribution in [0.15, 0.2) is 94.4 Å². The maximum Gasteiger partial charge on any atom is 0.244 e. The van der Waals surface area contributed by atoms with E-state index in [1.165, 1.54) is 16.3 Å². The predicted octanol–water partition coefficient (Wildman–Crippen LogP) is 7.21. The third-order valence-electron chi connectivity index (χ3n) is 8.01. The highest BCUT2D eigenvalue weighted by atomic mass is 79.9. The minimum atomic E-state index is -3.89. The van der Waals surface area contributed by atoms with Crippen molar-refractivity contribution in [1.82, 2.24) is 13.8 Å². The first-order chi connectivity index (χ1) is 19.9. The third kappa shape index (κ3) is 6.93. The summed E-state index contributed by atoms with van der Waals surface area (Å²) in [5.41, 5.74) is 2.22. The number of carbonyl (C=O) groups is 1. The van der Waals surface area contributed by atoms with Gasteiger partial charge in [-0.2, -0.15) is 4.31 Å². The van der Waals surface area contributed by atoms with E-state index in [-0.39, 0.29) is 29.9 Å². The predicted molar refractivity (Wildman–Crippen MR) is 168 cm³/mol.